The standard InChI is InChI=1S/C23H24F4N2O3/c1-2-12-32-20-10-7-17(23(25,26)27)13-19(20)28-21(30)16-4-3-11-29(14-16)22(31)15-5-8-18(24)9-6-15/h5-10,13,16H,2-4,11-12,14H2,1H3,(H,28,30)/t16-/m1/s1. The first-order valence-corrected chi connectivity index (χ1v) is 10.4. The lowest BCUT2D eigenvalue weighted by Crippen LogP contribution is -2.43. The van der Waals surface area contributed by atoms with Gasteiger partial charge in [0.15, 0.2) is 0 Å². The number of hydrogen-bond acceptors (Lipinski definition) is 3. The van der Waals surface area contributed by atoms with Crippen LogP contribution in [0.3, 0.4) is 0 Å². The summed E-state index contributed by atoms with van der Waals surface area (Å²) in [5.41, 5.74) is -0.644. The number of hydrogen-bond donors (Lipinski definition) is 1. The van der Waals surface area contributed by atoms with Gasteiger partial charge in [-0.1, -0.05) is 6.92 Å². The SMILES string of the molecule is CCCOc1ccc(C(F)(F)F)cc1NC(=O)[C@@H]1CCCN(C(=O)c2ccc(F)cc2)C1. The second kappa shape index (κ2) is 10.0. The Kier molecular flexibility index (Phi) is 7.37. The number of ether oxygens (including phenoxy) is 1. The maximum atomic E-state index is 13.1. The van der Waals surface area contributed by atoms with Crippen molar-refractivity contribution in [3.05, 3.63) is 59.4 Å². The van der Waals surface area contributed by atoms with E-state index in [0.29, 0.717) is 31.4 Å². The quantitative estimate of drug-likeness (QED) is 0.619. The number of rotatable bonds is 6. The number of carbonyl (C=O) groups excluding carboxylic acids is 2. The molecule has 0 aliphatic carbocycles. The second-order valence-corrected chi connectivity index (χ2v) is 7.64. The molecule has 9 heteroatoms. The third-order valence-electron chi connectivity index (χ3n) is 5.20. The summed E-state index contributed by atoms with van der Waals surface area (Å²) in [6.45, 7) is 2.70. The van der Waals surface area contributed by atoms with Gasteiger partial charge < -0.3 is 15.0 Å². The van der Waals surface area contributed by atoms with Crippen molar-refractivity contribution in [2.24, 2.45) is 5.92 Å². The molecule has 1 aliphatic heterocycles. The van der Waals surface area contributed by atoms with Crippen LogP contribution in [0, 0.1) is 11.7 Å². The molecule has 0 bridgehead atoms. The Hall–Kier alpha value is -3.10. The fourth-order valence-corrected chi connectivity index (χ4v) is 3.53. The zero-order chi connectivity index (χ0) is 23.3. The largest absolute Gasteiger partial charge is 0.491 e. The van der Waals surface area contributed by atoms with Crippen LogP contribution in [-0.2, 0) is 11.0 Å². The van der Waals surface area contributed by atoms with E-state index in [1.165, 1.54) is 35.2 Å². The number of piperidine rings is 1. The lowest BCUT2D eigenvalue weighted by atomic mass is 9.96. The van der Waals surface area contributed by atoms with Gasteiger partial charge in [0.1, 0.15) is 11.6 Å². The van der Waals surface area contributed by atoms with Crippen LogP contribution in [0.5, 0.6) is 5.75 Å². The number of halogens is 4. The molecular weight excluding hydrogens is 428 g/mol. The van der Waals surface area contributed by atoms with Gasteiger partial charge in [0, 0.05) is 18.7 Å². The molecule has 1 N–H and O–H groups in total. The fourth-order valence-electron chi connectivity index (χ4n) is 3.53. The highest BCUT2D eigenvalue weighted by molar-refractivity contribution is 5.97. The van der Waals surface area contributed by atoms with Gasteiger partial charge in [0.25, 0.3) is 5.91 Å². The van der Waals surface area contributed by atoms with Crippen molar-refractivity contribution in [2.45, 2.75) is 32.4 Å². The van der Waals surface area contributed by atoms with Gasteiger partial charge in [0.05, 0.1) is 23.8 Å². The number of carbonyl (C=O) groups is 2. The molecule has 0 spiro atoms. The summed E-state index contributed by atoms with van der Waals surface area (Å²) < 4.78 is 58.1. The highest BCUT2D eigenvalue weighted by atomic mass is 19.4. The first kappa shape index (κ1) is 23.6. The van der Waals surface area contributed by atoms with Crippen LogP contribution in [-0.4, -0.2) is 36.4 Å². The van der Waals surface area contributed by atoms with Crippen molar-refractivity contribution >= 4 is 17.5 Å². The zero-order valence-corrected chi connectivity index (χ0v) is 17.5. The highest BCUT2D eigenvalue weighted by Gasteiger charge is 2.33. The van der Waals surface area contributed by atoms with E-state index in [9.17, 15) is 27.2 Å². The van der Waals surface area contributed by atoms with Crippen LogP contribution in [0.25, 0.3) is 0 Å². The summed E-state index contributed by atoms with van der Waals surface area (Å²) in [4.78, 5) is 27.1. The Bertz CT molecular complexity index is 961. The van der Waals surface area contributed by atoms with Crippen LogP contribution >= 0.6 is 0 Å². The Morgan fingerprint density at radius 1 is 1.16 bits per heavy atom. The molecule has 2 amide bonds. The number of nitrogens with zero attached hydrogens (tertiary/aromatic N) is 1. The molecular formula is C23H24F4N2O3. The molecule has 2 aromatic rings. The molecule has 0 aromatic heterocycles. The molecule has 5 nitrogen and oxygen atoms in total. The summed E-state index contributed by atoms with van der Waals surface area (Å²) in [6, 6.07) is 8.08. The number of benzene rings is 2. The van der Waals surface area contributed by atoms with E-state index in [1.54, 1.807) is 0 Å². The van der Waals surface area contributed by atoms with Crippen LogP contribution < -0.4 is 10.1 Å². The zero-order valence-electron chi connectivity index (χ0n) is 17.5. The monoisotopic (exact) mass is 452 g/mol. The summed E-state index contributed by atoms with van der Waals surface area (Å²) in [5.74, 6) is -1.71. The Labute approximate surface area is 183 Å². The average Bonchev–Trinajstić information content (AvgIpc) is 2.77. The minimum Gasteiger partial charge on any atom is -0.491 e. The maximum Gasteiger partial charge on any atom is 0.416 e. The van der Waals surface area contributed by atoms with Gasteiger partial charge in [-0.15, -0.1) is 0 Å². The smallest absolute Gasteiger partial charge is 0.416 e. The van der Waals surface area contributed by atoms with Gasteiger partial charge in [-0.3, -0.25) is 9.59 Å². The highest BCUT2D eigenvalue weighted by Crippen LogP contribution is 2.35. The van der Waals surface area contributed by atoms with E-state index >= 15 is 0 Å². The second-order valence-electron chi connectivity index (χ2n) is 7.64. The van der Waals surface area contributed by atoms with Crippen molar-refractivity contribution in [1.82, 2.24) is 4.90 Å². The van der Waals surface area contributed by atoms with E-state index in [1.807, 2.05) is 6.92 Å². The molecule has 1 aliphatic rings. The average molecular weight is 452 g/mol. The van der Waals surface area contributed by atoms with E-state index in [2.05, 4.69) is 5.32 Å². The molecule has 3 rings (SSSR count). The van der Waals surface area contributed by atoms with Crippen LogP contribution in [0.1, 0.15) is 42.1 Å². The predicted molar refractivity (Wildman–Crippen MR) is 111 cm³/mol. The van der Waals surface area contributed by atoms with Crippen LogP contribution in [0.2, 0.25) is 0 Å². The predicted octanol–water partition coefficient (Wildman–Crippen LogP) is 5.12. The molecule has 1 saturated heterocycles. The molecule has 2 aromatic carbocycles. The number of alkyl halides is 3. The number of nitrogens with one attached hydrogen (secondary N) is 1. The van der Waals surface area contributed by atoms with Gasteiger partial charge in [-0.2, -0.15) is 13.2 Å². The molecule has 172 valence electrons. The lowest BCUT2D eigenvalue weighted by molar-refractivity contribution is -0.137. The lowest BCUT2D eigenvalue weighted by Gasteiger charge is -2.32. The molecule has 0 unspecified atom stereocenters. The number of amides is 2. The maximum absolute atomic E-state index is 13.1. The molecule has 1 heterocycles. The first-order valence-electron chi connectivity index (χ1n) is 10.4. The number of anilines is 1. The van der Waals surface area contributed by atoms with Gasteiger partial charge >= 0.3 is 6.18 Å². The van der Waals surface area contributed by atoms with Crippen molar-refractivity contribution in [1.29, 1.82) is 0 Å². The van der Waals surface area contributed by atoms with Crippen LogP contribution in [0.4, 0.5) is 23.2 Å². The Morgan fingerprint density at radius 2 is 1.88 bits per heavy atom. The van der Waals surface area contributed by atoms with Crippen molar-refractivity contribution in [2.75, 3.05) is 25.0 Å². The van der Waals surface area contributed by atoms with Gasteiger partial charge in [-0.05, 0) is 61.7 Å². The molecule has 0 radical (unpaired) electrons. The van der Waals surface area contributed by atoms with E-state index in [-0.39, 0.29) is 30.5 Å². The normalized spacial score (nSPS) is 16.5. The minimum atomic E-state index is -4.56. The Morgan fingerprint density at radius 3 is 2.53 bits per heavy atom. The topological polar surface area (TPSA) is 58.6 Å². The van der Waals surface area contributed by atoms with Crippen molar-refractivity contribution in [3.63, 3.8) is 0 Å². The van der Waals surface area contributed by atoms with E-state index in [4.69, 9.17) is 4.74 Å². The van der Waals surface area contributed by atoms with Crippen LogP contribution in [0.15, 0.2) is 42.5 Å². The fraction of sp³-hybridized carbons (Fsp3) is 0.391. The van der Waals surface area contributed by atoms with E-state index < -0.39 is 29.4 Å². The minimum absolute atomic E-state index is 0.0553. The van der Waals surface area contributed by atoms with Crippen molar-refractivity contribution < 1.29 is 31.9 Å². The number of likely N-dealkylation sites (tertiary alicyclic amines) is 1. The molecule has 32 heavy (non-hydrogen) atoms. The molecule has 0 saturated carbocycles. The van der Waals surface area contributed by atoms with Gasteiger partial charge in [-0.25, -0.2) is 4.39 Å². The molecule has 1 fully saturated rings. The third-order valence-corrected chi connectivity index (χ3v) is 5.20. The first-order chi connectivity index (χ1) is 15.2. The summed E-state index contributed by atoms with van der Waals surface area (Å²) in [6.07, 6.45) is -2.86. The summed E-state index contributed by atoms with van der Waals surface area (Å²) >= 11 is 0. The Balaban J connectivity index is 1.74. The summed E-state index contributed by atoms with van der Waals surface area (Å²) in [7, 11) is 0. The van der Waals surface area contributed by atoms with Gasteiger partial charge in [0.2, 0.25) is 5.91 Å². The third kappa shape index (κ3) is 5.77. The molecule has 1 atom stereocenters. The van der Waals surface area contributed by atoms with Crippen molar-refractivity contribution in [3.8, 4) is 5.75 Å². The summed E-state index contributed by atoms with van der Waals surface area (Å²) in [5, 5.41) is 2.56. The van der Waals surface area contributed by atoms with E-state index in [0.717, 1.165) is 12.1 Å².